The monoisotopic (exact) mass is 385 g/mol. The number of carbonyl (C=O) groups is 1. The van der Waals surface area contributed by atoms with Crippen molar-refractivity contribution in [1.82, 2.24) is 9.13 Å². The lowest BCUT2D eigenvalue weighted by Crippen LogP contribution is -2.29. The molecule has 1 amide bonds. The van der Waals surface area contributed by atoms with E-state index in [9.17, 15) is 9.59 Å². The SMILES string of the molecule is CCCn1c(=O)n(CC(=O)Nc2ccccc2-c2ccccc2)c2ccccc21. The van der Waals surface area contributed by atoms with Gasteiger partial charge in [0.15, 0.2) is 0 Å². The highest BCUT2D eigenvalue weighted by Crippen LogP contribution is 2.27. The number of anilines is 1. The Morgan fingerprint density at radius 3 is 2.17 bits per heavy atom. The average Bonchev–Trinajstić information content (AvgIpc) is 3.01. The minimum Gasteiger partial charge on any atom is -0.324 e. The molecule has 146 valence electrons. The molecule has 3 aromatic carbocycles. The summed E-state index contributed by atoms with van der Waals surface area (Å²) in [6.07, 6.45) is 0.852. The van der Waals surface area contributed by atoms with Gasteiger partial charge in [0.1, 0.15) is 6.54 Å². The Balaban J connectivity index is 1.64. The number of benzene rings is 3. The highest BCUT2D eigenvalue weighted by atomic mass is 16.2. The van der Waals surface area contributed by atoms with E-state index in [4.69, 9.17) is 0 Å². The molecule has 0 radical (unpaired) electrons. The van der Waals surface area contributed by atoms with Crippen LogP contribution in [0.1, 0.15) is 13.3 Å². The fraction of sp³-hybridized carbons (Fsp3) is 0.167. The van der Waals surface area contributed by atoms with Crippen molar-refractivity contribution >= 4 is 22.6 Å². The van der Waals surface area contributed by atoms with Crippen molar-refractivity contribution in [3.63, 3.8) is 0 Å². The molecule has 1 N–H and O–H groups in total. The number of para-hydroxylation sites is 3. The number of hydrogen-bond donors (Lipinski definition) is 1. The number of aromatic nitrogens is 2. The van der Waals surface area contributed by atoms with Gasteiger partial charge < -0.3 is 5.32 Å². The smallest absolute Gasteiger partial charge is 0.324 e. The van der Waals surface area contributed by atoms with Crippen molar-refractivity contribution in [2.24, 2.45) is 0 Å². The summed E-state index contributed by atoms with van der Waals surface area (Å²) in [5.74, 6) is -0.227. The number of nitrogens with zero attached hydrogens (tertiary/aromatic N) is 2. The number of aryl methyl sites for hydroxylation is 1. The zero-order valence-corrected chi connectivity index (χ0v) is 16.3. The van der Waals surface area contributed by atoms with Crippen LogP contribution in [0.2, 0.25) is 0 Å². The number of fused-ring (bicyclic) bond motifs is 1. The Hall–Kier alpha value is -3.60. The van der Waals surface area contributed by atoms with Gasteiger partial charge in [0.2, 0.25) is 5.91 Å². The topological polar surface area (TPSA) is 56.0 Å². The first-order chi connectivity index (χ1) is 14.2. The quantitative estimate of drug-likeness (QED) is 0.531. The number of imidazole rings is 1. The molecule has 0 bridgehead atoms. The van der Waals surface area contributed by atoms with Gasteiger partial charge in [-0.25, -0.2) is 4.79 Å². The van der Waals surface area contributed by atoms with E-state index in [1.807, 2.05) is 85.8 Å². The normalized spacial score (nSPS) is 10.9. The lowest BCUT2D eigenvalue weighted by molar-refractivity contribution is -0.116. The van der Waals surface area contributed by atoms with Crippen LogP contribution in [-0.2, 0) is 17.9 Å². The molecular formula is C24H23N3O2. The molecule has 0 aliphatic carbocycles. The number of amides is 1. The molecular weight excluding hydrogens is 362 g/mol. The second-order valence-corrected chi connectivity index (χ2v) is 6.97. The molecule has 1 heterocycles. The lowest BCUT2D eigenvalue weighted by atomic mass is 10.0. The average molecular weight is 385 g/mol. The van der Waals surface area contributed by atoms with Crippen LogP contribution in [0.4, 0.5) is 5.69 Å². The van der Waals surface area contributed by atoms with Crippen molar-refractivity contribution in [1.29, 1.82) is 0 Å². The number of nitrogens with one attached hydrogen (secondary N) is 1. The summed E-state index contributed by atoms with van der Waals surface area (Å²) in [4.78, 5) is 25.7. The van der Waals surface area contributed by atoms with Crippen LogP contribution in [-0.4, -0.2) is 15.0 Å². The van der Waals surface area contributed by atoms with Crippen LogP contribution in [0.3, 0.4) is 0 Å². The Morgan fingerprint density at radius 1 is 0.828 bits per heavy atom. The lowest BCUT2D eigenvalue weighted by Gasteiger charge is -2.11. The molecule has 5 heteroatoms. The molecule has 0 spiro atoms. The van der Waals surface area contributed by atoms with Crippen LogP contribution >= 0.6 is 0 Å². The first kappa shape index (κ1) is 18.7. The number of carbonyl (C=O) groups excluding carboxylic acids is 1. The molecule has 5 nitrogen and oxygen atoms in total. The third kappa shape index (κ3) is 3.72. The third-order valence-corrected chi connectivity index (χ3v) is 4.96. The zero-order valence-electron chi connectivity index (χ0n) is 16.3. The van der Waals surface area contributed by atoms with E-state index in [0.717, 1.165) is 34.3 Å². The van der Waals surface area contributed by atoms with Gasteiger partial charge in [-0.3, -0.25) is 13.9 Å². The van der Waals surface area contributed by atoms with E-state index < -0.39 is 0 Å². The fourth-order valence-corrected chi connectivity index (χ4v) is 3.66. The number of hydrogen-bond acceptors (Lipinski definition) is 2. The highest BCUT2D eigenvalue weighted by Gasteiger charge is 2.16. The largest absolute Gasteiger partial charge is 0.329 e. The number of rotatable bonds is 6. The van der Waals surface area contributed by atoms with Gasteiger partial charge in [-0.2, -0.15) is 0 Å². The molecule has 0 aliphatic rings. The Morgan fingerprint density at radius 2 is 1.45 bits per heavy atom. The fourth-order valence-electron chi connectivity index (χ4n) is 3.66. The van der Waals surface area contributed by atoms with Crippen LogP contribution in [0.5, 0.6) is 0 Å². The van der Waals surface area contributed by atoms with Crippen molar-refractivity contribution in [2.45, 2.75) is 26.4 Å². The second-order valence-electron chi connectivity index (χ2n) is 6.97. The predicted molar refractivity (Wildman–Crippen MR) is 117 cm³/mol. The summed E-state index contributed by atoms with van der Waals surface area (Å²) < 4.78 is 3.28. The molecule has 0 saturated carbocycles. The summed E-state index contributed by atoms with van der Waals surface area (Å²) in [6, 6.07) is 25.2. The predicted octanol–water partition coefficient (Wildman–Crippen LogP) is 4.52. The maximum atomic E-state index is 12.9. The maximum Gasteiger partial charge on any atom is 0.329 e. The van der Waals surface area contributed by atoms with E-state index in [-0.39, 0.29) is 18.1 Å². The highest BCUT2D eigenvalue weighted by molar-refractivity contribution is 5.96. The van der Waals surface area contributed by atoms with Crippen molar-refractivity contribution in [2.75, 3.05) is 5.32 Å². The molecule has 1 aromatic heterocycles. The molecule has 0 fully saturated rings. The van der Waals surface area contributed by atoms with Gasteiger partial charge in [0.05, 0.1) is 11.0 Å². The minimum atomic E-state index is -0.227. The first-order valence-corrected chi connectivity index (χ1v) is 9.81. The van der Waals surface area contributed by atoms with Gasteiger partial charge in [0.25, 0.3) is 0 Å². The maximum absolute atomic E-state index is 12.9. The van der Waals surface area contributed by atoms with Gasteiger partial charge in [-0.15, -0.1) is 0 Å². The van der Waals surface area contributed by atoms with E-state index in [1.165, 1.54) is 0 Å². The molecule has 29 heavy (non-hydrogen) atoms. The van der Waals surface area contributed by atoms with E-state index in [1.54, 1.807) is 9.13 Å². The summed E-state index contributed by atoms with van der Waals surface area (Å²) in [6.45, 7) is 2.63. The zero-order chi connectivity index (χ0) is 20.2. The Kier molecular flexibility index (Phi) is 5.29. The van der Waals surface area contributed by atoms with E-state index in [0.29, 0.717) is 6.54 Å². The summed E-state index contributed by atoms with van der Waals surface area (Å²) >= 11 is 0. The van der Waals surface area contributed by atoms with Crippen LogP contribution in [0.15, 0.2) is 83.7 Å². The van der Waals surface area contributed by atoms with Crippen molar-refractivity contribution in [3.05, 3.63) is 89.3 Å². The summed E-state index contributed by atoms with van der Waals surface area (Å²) in [5, 5.41) is 2.98. The van der Waals surface area contributed by atoms with Gasteiger partial charge in [-0.1, -0.05) is 67.6 Å². The Labute approximate surface area is 169 Å². The van der Waals surface area contributed by atoms with Gasteiger partial charge >= 0.3 is 5.69 Å². The van der Waals surface area contributed by atoms with Gasteiger partial charge in [-0.05, 0) is 30.2 Å². The molecule has 0 unspecified atom stereocenters. The minimum absolute atomic E-state index is 0.0286. The van der Waals surface area contributed by atoms with Gasteiger partial charge in [0, 0.05) is 17.8 Å². The molecule has 0 aliphatic heterocycles. The van der Waals surface area contributed by atoms with Crippen LogP contribution in [0, 0.1) is 0 Å². The molecule has 0 atom stereocenters. The van der Waals surface area contributed by atoms with Crippen molar-refractivity contribution in [3.8, 4) is 11.1 Å². The standard InChI is InChI=1S/C24H23N3O2/c1-2-16-26-21-14-8-9-15-22(21)27(24(26)29)17-23(28)25-20-13-7-6-12-19(20)18-10-4-3-5-11-18/h3-15H,2,16-17H2,1H3,(H,25,28). The van der Waals surface area contributed by atoms with Crippen LogP contribution in [0.25, 0.3) is 22.2 Å². The second kappa shape index (κ2) is 8.19. The molecule has 4 aromatic rings. The molecule has 0 saturated heterocycles. The summed E-state index contributed by atoms with van der Waals surface area (Å²) in [7, 11) is 0. The summed E-state index contributed by atoms with van der Waals surface area (Å²) in [5.41, 5.74) is 4.19. The van der Waals surface area contributed by atoms with Crippen molar-refractivity contribution < 1.29 is 4.79 Å². The Bertz CT molecular complexity index is 1210. The first-order valence-electron chi connectivity index (χ1n) is 9.81. The third-order valence-electron chi connectivity index (χ3n) is 4.96. The molecule has 4 rings (SSSR count). The van der Waals surface area contributed by atoms with E-state index in [2.05, 4.69) is 5.32 Å². The van der Waals surface area contributed by atoms with Crippen LogP contribution < -0.4 is 11.0 Å². The van der Waals surface area contributed by atoms with E-state index >= 15 is 0 Å².